The SMILES string of the molecule is C=CCCc1ccc(-c2ccc(CCC3CCC(CCC)CO3)c(F)c2C)cc1. The van der Waals surface area contributed by atoms with Crippen molar-refractivity contribution in [2.24, 2.45) is 5.92 Å². The molecule has 2 unspecified atom stereocenters. The van der Waals surface area contributed by atoms with Gasteiger partial charge in [-0.1, -0.05) is 55.8 Å². The molecule has 0 N–H and O–H groups in total. The van der Waals surface area contributed by atoms with E-state index in [0.29, 0.717) is 0 Å². The zero-order chi connectivity index (χ0) is 20.6. The Labute approximate surface area is 176 Å². The molecule has 2 heteroatoms. The molecule has 1 aliphatic heterocycles. The third-order valence-corrected chi connectivity index (χ3v) is 6.27. The van der Waals surface area contributed by atoms with E-state index in [2.05, 4.69) is 43.8 Å². The predicted octanol–water partition coefficient (Wildman–Crippen LogP) is 7.45. The molecule has 2 atom stereocenters. The molecule has 0 amide bonds. The Morgan fingerprint density at radius 2 is 1.86 bits per heavy atom. The van der Waals surface area contributed by atoms with Crippen LogP contribution in [-0.2, 0) is 17.6 Å². The predicted molar refractivity (Wildman–Crippen MR) is 121 cm³/mol. The van der Waals surface area contributed by atoms with E-state index >= 15 is 4.39 Å². The minimum atomic E-state index is -0.0575. The Morgan fingerprint density at radius 1 is 1.07 bits per heavy atom. The molecule has 1 nitrogen and oxygen atoms in total. The zero-order valence-corrected chi connectivity index (χ0v) is 18.1. The van der Waals surface area contributed by atoms with Crippen molar-refractivity contribution in [1.82, 2.24) is 0 Å². The van der Waals surface area contributed by atoms with Crippen molar-refractivity contribution < 1.29 is 9.13 Å². The highest BCUT2D eigenvalue weighted by Crippen LogP contribution is 2.30. The molecule has 2 aromatic carbocycles. The van der Waals surface area contributed by atoms with Gasteiger partial charge in [-0.2, -0.15) is 0 Å². The van der Waals surface area contributed by atoms with Crippen LogP contribution < -0.4 is 0 Å². The number of hydrogen-bond donors (Lipinski definition) is 0. The van der Waals surface area contributed by atoms with Crippen LogP contribution in [0.1, 0.15) is 62.1 Å². The molecule has 1 aliphatic rings. The van der Waals surface area contributed by atoms with Gasteiger partial charge in [0.15, 0.2) is 0 Å². The fraction of sp³-hybridized carbons (Fsp3) is 0.481. The topological polar surface area (TPSA) is 9.23 Å². The molecule has 29 heavy (non-hydrogen) atoms. The third-order valence-electron chi connectivity index (χ3n) is 6.27. The highest BCUT2D eigenvalue weighted by atomic mass is 19.1. The second kappa shape index (κ2) is 10.7. The maximum absolute atomic E-state index is 15.1. The lowest BCUT2D eigenvalue weighted by Gasteiger charge is -2.29. The average Bonchev–Trinajstić information content (AvgIpc) is 2.75. The summed E-state index contributed by atoms with van der Waals surface area (Å²) < 4.78 is 21.1. The van der Waals surface area contributed by atoms with Gasteiger partial charge in [0.25, 0.3) is 0 Å². The first-order valence-corrected chi connectivity index (χ1v) is 11.2. The highest BCUT2D eigenvalue weighted by molar-refractivity contribution is 5.68. The van der Waals surface area contributed by atoms with E-state index in [0.717, 1.165) is 66.9 Å². The normalized spacial score (nSPS) is 19.3. The van der Waals surface area contributed by atoms with Crippen LogP contribution >= 0.6 is 0 Å². The molecular weight excluding hydrogens is 359 g/mol. The smallest absolute Gasteiger partial charge is 0.129 e. The standard InChI is InChI=1S/C27H35FO/c1-4-6-8-21-9-12-23(13-10-21)26-18-15-24(27(28)20(26)3)14-17-25-16-11-22(7-5-2)19-29-25/h4,9-10,12-13,15,18,22,25H,1,5-8,11,14,16-17,19H2,2-3H3. The molecule has 0 radical (unpaired) electrons. The number of aryl methyl sites for hydroxylation is 2. The number of allylic oxidation sites excluding steroid dienone is 1. The summed E-state index contributed by atoms with van der Waals surface area (Å²) in [5.41, 5.74) is 4.91. The van der Waals surface area contributed by atoms with Gasteiger partial charge < -0.3 is 4.74 Å². The molecule has 0 bridgehead atoms. The van der Waals surface area contributed by atoms with Crippen LogP contribution in [-0.4, -0.2) is 12.7 Å². The van der Waals surface area contributed by atoms with Gasteiger partial charge in [0.2, 0.25) is 0 Å². The molecule has 1 saturated heterocycles. The molecule has 0 aromatic heterocycles. The van der Waals surface area contributed by atoms with E-state index in [-0.39, 0.29) is 11.9 Å². The second-order valence-corrected chi connectivity index (χ2v) is 8.46. The first kappa shape index (κ1) is 21.8. The van der Waals surface area contributed by atoms with Gasteiger partial charge in [-0.25, -0.2) is 4.39 Å². The minimum Gasteiger partial charge on any atom is -0.378 e. The van der Waals surface area contributed by atoms with Gasteiger partial charge >= 0.3 is 0 Å². The fourth-order valence-electron chi connectivity index (χ4n) is 4.41. The first-order valence-electron chi connectivity index (χ1n) is 11.2. The summed E-state index contributed by atoms with van der Waals surface area (Å²) >= 11 is 0. The van der Waals surface area contributed by atoms with Crippen LogP contribution in [0, 0.1) is 18.7 Å². The summed E-state index contributed by atoms with van der Waals surface area (Å²) in [5, 5.41) is 0. The van der Waals surface area contributed by atoms with Crippen LogP contribution in [0.4, 0.5) is 4.39 Å². The van der Waals surface area contributed by atoms with E-state index < -0.39 is 0 Å². The summed E-state index contributed by atoms with van der Waals surface area (Å²) in [6, 6.07) is 12.5. The van der Waals surface area contributed by atoms with Gasteiger partial charge in [0, 0.05) is 6.61 Å². The van der Waals surface area contributed by atoms with Crippen molar-refractivity contribution in [3.8, 4) is 11.1 Å². The molecule has 1 heterocycles. The van der Waals surface area contributed by atoms with Gasteiger partial charge in [0.1, 0.15) is 5.82 Å². The summed E-state index contributed by atoms with van der Waals surface area (Å²) in [4.78, 5) is 0. The number of benzene rings is 2. The molecule has 0 spiro atoms. The van der Waals surface area contributed by atoms with E-state index in [1.165, 1.54) is 24.8 Å². The molecule has 0 aliphatic carbocycles. The van der Waals surface area contributed by atoms with E-state index in [1.807, 2.05) is 19.1 Å². The quantitative estimate of drug-likeness (QED) is 0.401. The van der Waals surface area contributed by atoms with Crippen molar-refractivity contribution in [3.63, 3.8) is 0 Å². The molecule has 0 saturated carbocycles. The molecule has 156 valence electrons. The monoisotopic (exact) mass is 394 g/mol. The van der Waals surface area contributed by atoms with Gasteiger partial charge in [-0.05, 0) is 85.6 Å². The fourth-order valence-corrected chi connectivity index (χ4v) is 4.41. The first-order chi connectivity index (χ1) is 14.1. The Morgan fingerprint density at radius 3 is 2.52 bits per heavy atom. The third kappa shape index (κ3) is 5.79. The Bertz CT molecular complexity index is 785. The van der Waals surface area contributed by atoms with Crippen LogP contribution in [0.2, 0.25) is 0 Å². The summed E-state index contributed by atoms with van der Waals surface area (Å²) in [5.74, 6) is 0.663. The van der Waals surface area contributed by atoms with Gasteiger partial charge in [-0.15, -0.1) is 6.58 Å². The maximum atomic E-state index is 15.1. The molecular formula is C27H35FO. The van der Waals surface area contributed by atoms with E-state index in [4.69, 9.17) is 4.74 Å². The number of ether oxygens (including phenoxy) is 1. The van der Waals surface area contributed by atoms with Crippen LogP contribution in [0.15, 0.2) is 49.1 Å². The Hall–Kier alpha value is -1.93. The summed E-state index contributed by atoms with van der Waals surface area (Å²) in [6.45, 7) is 8.78. The minimum absolute atomic E-state index is 0.0575. The van der Waals surface area contributed by atoms with Gasteiger partial charge in [0.05, 0.1) is 6.10 Å². The lowest BCUT2D eigenvalue weighted by Crippen LogP contribution is -2.26. The highest BCUT2D eigenvalue weighted by Gasteiger charge is 2.21. The number of hydrogen-bond acceptors (Lipinski definition) is 1. The van der Waals surface area contributed by atoms with Gasteiger partial charge in [-0.3, -0.25) is 0 Å². The van der Waals surface area contributed by atoms with Crippen LogP contribution in [0.5, 0.6) is 0 Å². The van der Waals surface area contributed by atoms with Crippen LogP contribution in [0.25, 0.3) is 11.1 Å². The van der Waals surface area contributed by atoms with Crippen LogP contribution in [0.3, 0.4) is 0 Å². The Kier molecular flexibility index (Phi) is 8.06. The van der Waals surface area contributed by atoms with Crippen molar-refractivity contribution >= 4 is 0 Å². The number of rotatable bonds is 9. The largest absolute Gasteiger partial charge is 0.378 e. The van der Waals surface area contributed by atoms with Crippen molar-refractivity contribution in [2.75, 3.05) is 6.61 Å². The van der Waals surface area contributed by atoms with E-state index in [9.17, 15) is 0 Å². The number of halogens is 1. The molecule has 2 aromatic rings. The zero-order valence-electron chi connectivity index (χ0n) is 18.1. The lowest BCUT2D eigenvalue weighted by molar-refractivity contribution is -0.0216. The van der Waals surface area contributed by atoms with Crippen molar-refractivity contribution in [2.45, 2.75) is 71.3 Å². The molecule has 1 fully saturated rings. The Balaban J connectivity index is 1.61. The van der Waals surface area contributed by atoms with Crippen molar-refractivity contribution in [1.29, 1.82) is 0 Å². The lowest BCUT2D eigenvalue weighted by atomic mass is 9.91. The average molecular weight is 395 g/mol. The maximum Gasteiger partial charge on any atom is 0.129 e. The summed E-state index contributed by atoms with van der Waals surface area (Å²) in [7, 11) is 0. The van der Waals surface area contributed by atoms with Crippen molar-refractivity contribution in [3.05, 3.63) is 71.6 Å². The molecule has 3 rings (SSSR count). The second-order valence-electron chi connectivity index (χ2n) is 8.46. The van der Waals surface area contributed by atoms with E-state index in [1.54, 1.807) is 0 Å². The summed E-state index contributed by atoms with van der Waals surface area (Å²) in [6.07, 6.45) is 10.7.